The molecule has 0 radical (unpaired) electrons. The van der Waals surface area contributed by atoms with Crippen LogP contribution in [0.2, 0.25) is 5.02 Å². The van der Waals surface area contributed by atoms with Gasteiger partial charge in [-0.2, -0.15) is 0 Å². The summed E-state index contributed by atoms with van der Waals surface area (Å²) in [6, 6.07) is 13.9. The molecule has 1 amide bonds. The lowest BCUT2D eigenvalue weighted by atomic mass is 10.1. The Bertz CT molecular complexity index is 643. The van der Waals surface area contributed by atoms with Gasteiger partial charge >= 0.3 is 0 Å². The molecule has 3 nitrogen and oxygen atoms in total. The first-order valence-corrected chi connectivity index (χ1v) is 7.81. The molecule has 0 aliphatic carbocycles. The molecule has 5 heteroatoms. The number of hydrogen-bond donors (Lipinski definition) is 1. The predicted octanol–water partition coefficient (Wildman–Crippen LogP) is 3.62. The number of hydrogen-bond acceptors (Lipinski definition) is 2. The Morgan fingerprint density at radius 2 is 1.91 bits per heavy atom. The number of rotatable bonds is 6. The van der Waals surface area contributed by atoms with E-state index in [-0.39, 0.29) is 18.3 Å². The third kappa shape index (κ3) is 4.78. The van der Waals surface area contributed by atoms with Crippen LogP contribution in [-0.4, -0.2) is 23.9 Å². The van der Waals surface area contributed by atoms with Crippen molar-refractivity contribution in [3.05, 3.63) is 70.5 Å². The van der Waals surface area contributed by atoms with Gasteiger partial charge in [0.25, 0.3) is 0 Å². The summed E-state index contributed by atoms with van der Waals surface area (Å²) in [6.07, 6.45) is 0. The van der Waals surface area contributed by atoms with Crippen molar-refractivity contribution in [2.75, 3.05) is 7.05 Å². The van der Waals surface area contributed by atoms with Crippen LogP contribution in [0.1, 0.15) is 18.1 Å². The molecule has 1 N–H and O–H groups in total. The molecule has 0 fully saturated rings. The number of amides is 1. The predicted molar refractivity (Wildman–Crippen MR) is 90.6 cm³/mol. The molecule has 0 saturated heterocycles. The molecule has 2 aromatic rings. The Morgan fingerprint density at radius 3 is 2.57 bits per heavy atom. The van der Waals surface area contributed by atoms with E-state index in [4.69, 9.17) is 11.6 Å². The molecule has 2 rings (SSSR count). The molecule has 0 unspecified atom stereocenters. The summed E-state index contributed by atoms with van der Waals surface area (Å²) < 4.78 is 13.8. The Labute approximate surface area is 141 Å². The summed E-state index contributed by atoms with van der Waals surface area (Å²) in [6.45, 7) is 2.53. The Hall–Kier alpha value is -1.91. The average Bonchev–Trinajstić information content (AvgIpc) is 2.56. The van der Waals surface area contributed by atoms with Gasteiger partial charge < -0.3 is 5.32 Å². The molecular weight excluding hydrogens is 315 g/mol. The zero-order valence-corrected chi connectivity index (χ0v) is 14.0. The SMILES string of the molecule is C[C@H](C(=O)NCc1ccccc1)N(C)Cc1c(F)cccc1Cl. The molecule has 122 valence electrons. The Morgan fingerprint density at radius 1 is 1.22 bits per heavy atom. The van der Waals surface area contributed by atoms with E-state index in [1.54, 1.807) is 31.0 Å². The number of benzene rings is 2. The highest BCUT2D eigenvalue weighted by Gasteiger charge is 2.20. The minimum atomic E-state index is -0.394. The maximum Gasteiger partial charge on any atom is 0.237 e. The lowest BCUT2D eigenvalue weighted by Crippen LogP contribution is -2.42. The van der Waals surface area contributed by atoms with Crippen LogP contribution >= 0.6 is 11.6 Å². The van der Waals surface area contributed by atoms with Crippen LogP contribution in [0.4, 0.5) is 4.39 Å². The lowest BCUT2D eigenvalue weighted by Gasteiger charge is -2.24. The van der Waals surface area contributed by atoms with Gasteiger partial charge in [0.2, 0.25) is 5.91 Å². The van der Waals surface area contributed by atoms with Crippen LogP contribution in [0.25, 0.3) is 0 Å². The topological polar surface area (TPSA) is 32.3 Å². The second kappa shape index (κ2) is 8.09. The number of nitrogens with zero attached hydrogens (tertiary/aromatic N) is 1. The van der Waals surface area contributed by atoms with Gasteiger partial charge in [-0.25, -0.2) is 4.39 Å². The molecule has 0 spiro atoms. The molecule has 0 aliphatic rings. The van der Waals surface area contributed by atoms with Gasteiger partial charge in [0, 0.05) is 23.7 Å². The number of carbonyl (C=O) groups is 1. The first-order valence-electron chi connectivity index (χ1n) is 7.44. The second-order valence-corrected chi connectivity index (χ2v) is 5.90. The number of nitrogens with one attached hydrogen (secondary N) is 1. The van der Waals surface area contributed by atoms with Gasteiger partial charge in [0.1, 0.15) is 5.82 Å². The van der Waals surface area contributed by atoms with Gasteiger partial charge in [-0.15, -0.1) is 0 Å². The van der Waals surface area contributed by atoms with Gasteiger partial charge in [-0.05, 0) is 31.7 Å². The summed E-state index contributed by atoms with van der Waals surface area (Å²) in [5.41, 5.74) is 1.44. The zero-order valence-electron chi connectivity index (χ0n) is 13.2. The van der Waals surface area contributed by atoms with Gasteiger partial charge in [0.15, 0.2) is 0 Å². The lowest BCUT2D eigenvalue weighted by molar-refractivity contribution is -0.125. The number of halogens is 2. The quantitative estimate of drug-likeness (QED) is 0.875. The molecule has 0 saturated carbocycles. The summed E-state index contributed by atoms with van der Waals surface area (Å²) in [5, 5.41) is 3.26. The average molecular weight is 335 g/mol. The fraction of sp³-hybridized carbons (Fsp3) is 0.278. The summed E-state index contributed by atoms with van der Waals surface area (Å²) in [5.74, 6) is -0.468. The Kier molecular flexibility index (Phi) is 6.13. The molecule has 0 aliphatic heterocycles. The first-order chi connectivity index (χ1) is 11.0. The van der Waals surface area contributed by atoms with Crippen LogP contribution in [0.15, 0.2) is 48.5 Å². The molecule has 1 atom stereocenters. The smallest absolute Gasteiger partial charge is 0.237 e. The van der Waals surface area contributed by atoms with E-state index in [1.807, 2.05) is 30.3 Å². The summed E-state index contributed by atoms with van der Waals surface area (Å²) in [7, 11) is 1.77. The second-order valence-electron chi connectivity index (χ2n) is 5.49. The molecule has 0 aromatic heterocycles. The van der Waals surface area contributed by atoms with Crippen molar-refractivity contribution < 1.29 is 9.18 Å². The highest BCUT2D eigenvalue weighted by atomic mass is 35.5. The van der Waals surface area contributed by atoms with Crippen molar-refractivity contribution in [2.45, 2.75) is 26.1 Å². The van der Waals surface area contributed by atoms with Crippen LogP contribution in [0.3, 0.4) is 0 Å². The van der Waals surface area contributed by atoms with Crippen LogP contribution in [0, 0.1) is 5.82 Å². The van der Waals surface area contributed by atoms with Gasteiger partial charge in [0.05, 0.1) is 6.04 Å². The molecule has 0 heterocycles. The van der Waals surface area contributed by atoms with Gasteiger partial charge in [-0.3, -0.25) is 9.69 Å². The van der Waals surface area contributed by atoms with E-state index in [2.05, 4.69) is 5.32 Å². The maximum atomic E-state index is 13.8. The van der Waals surface area contributed by atoms with Gasteiger partial charge in [-0.1, -0.05) is 48.0 Å². The van der Waals surface area contributed by atoms with Crippen molar-refractivity contribution in [2.24, 2.45) is 0 Å². The number of carbonyl (C=O) groups excluding carboxylic acids is 1. The van der Waals surface area contributed by atoms with Crippen molar-refractivity contribution in [3.8, 4) is 0 Å². The third-order valence-corrected chi connectivity index (χ3v) is 4.17. The van der Waals surface area contributed by atoms with Crippen LogP contribution < -0.4 is 5.32 Å². The van der Waals surface area contributed by atoms with E-state index in [0.29, 0.717) is 17.1 Å². The number of likely N-dealkylation sites (N-methyl/N-ethyl adjacent to an activating group) is 1. The molecule has 0 bridgehead atoms. The fourth-order valence-electron chi connectivity index (χ4n) is 2.20. The van der Waals surface area contributed by atoms with Crippen LogP contribution in [0.5, 0.6) is 0 Å². The monoisotopic (exact) mass is 334 g/mol. The van der Waals surface area contributed by atoms with E-state index >= 15 is 0 Å². The largest absolute Gasteiger partial charge is 0.351 e. The Balaban J connectivity index is 1.93. The van der Waals surface area contributed by atoms with Crippen LogP contribution in [-0.2, 0) is 17.9 Å². The first kappa shape index (κ1) is 17.4. The summed E-state index contributed by atoms with van der Waals surface area (Å²) >= 11 is 6.03. The fourth-order valence-corrected chi connectivity index (χ4v) is 2.43. The van der Waals surface area contributed by atoms with E-state index < -0.39 is 6.04 Å². The van der Waals surface area contributed by atoms with Crippen molar-refractivity contribution in [1.82, 2.24) is 10.2 Å². The van der Waals surface area contributed by atoms with Crippen molar-refractivity contribution >= 4 is 17.5 Å². The van der Waals surface area contributed by atoms with E-state index in [1.165, 1.54) is 6.07 Å². The zero-order chi connectivity index (χ0) is 16.8. The molecule has 23 heavy (non-hydrogen) atoms. The minimum Gasteiger partial charge on any atom is -0.351 e. The normalized spacial score (nSPS) is 12.2. The maximum absolute atomic E-state index is 13.8. The summed E-state index contributed by atoms with van der Waals surface area (Å²) in [4.78, 5) is 14.0. The third-order valence-electron chi connectivity index (χ3n) is 3.82. The minimum absolute atomic E-state index is 0.108. The van der Waals surface area contributed by atoms with Crippen molar-refractivity contribution in [1.29, 1.82) is 0 Å². The van der Waals surface area contributed by atoms with E-state index in [0.717, 1.165) is 5.56 Å². The van der Waals surface area contributed by atoms with Crippen molar-refractivity contribution in [3.63, 3.8) is 0 Å². The molecule has 2 aromatic carbocycles. The highest BCUT2D eigenvalue weighted by Crippen LogP contribution is 2.21. The standard InChI is InChI=1S/C18H20ClFN2O/c1-13(18(23)21-11-14-7-4-3-5-8-14)22(2)12-15-16(19)9-6-10-17(15)20/h3-10,13H,11-12H2,1-2H3,(H,21,23)/t13-/m1/s1. The highest BCUT2D eigenvalue weighted by molar-refractivity contribution is 6.31. The van der Waals surface area contributed by atoms with E-state index in [9.17, 15) is 9.18 Å². The molecular formula is C18H20ClFN2O.